The lowest BCUT2D eigenvalue weighted by molar-refractivity contribution is 0.137. The molecule has 8 nitrogen and oxygen atoms in total. The maximum absolute atomic E-state index is 14.5. The number of benzene rings is 4. The van der Waals surface area contributed by atoms with Crippen LogP contribution in [0.25, 0.3) is 0 Å². The maximum Gasteiger partial charge on any atom is 0.457 e. The van der Waals surface area contributed by atoms with Crippen molar-refractivity contribution in [2.24, 2.45) is 5.73 Å². The van der Waals surface area contributed by atoms with Crippen molar-refractivity contribution in [1.82, 2.24) is 5.32 Å². The Kier molecular flexibility index (Phi) is 9.93. The highest BCUT2D eigenvalue weighted by atomic mass is 35.5. The highest BCUT2D eigenvalue weighted by molar-refractivity contribution is 7.55. The van der Waals surface area contributed by atoms with Crippen LogP contribution in [0, 0.1) is 5.41 Å². The van der Waals surface area contributed by atoms with E-state index in [-0.39, 0.29) is 36.3 Å². The van der Waals surface area contributed by atoms with Crippen molar-refractivity contribution in [3.05, 3.63) is 132 Å². The van der Waals surface area contributed by atoms with Crippen molar-refractivity contribution in [3.8, 4) is 11.5 Å². The number of rotatable bonds is 10. The summed E-state index contributed by atoms with van der Waals surface area (Å²) in [7, 11) is -4.22. The van der Waals surface area contributed by atoms with Gasteiger partial charge in [0, 0.05) is 5.56 Å². The minimum Gasteiger partial charge on any atom is -0.445 e. The second kappa shape index (κ2) is 13.3. The lowest BCUT2D eigenvalue weighted by Crippen LogP contribution is -2.31. The predicted molar refractivity (Wildman–Crippen MR) is 149 cm³/mol. The third-order valence-electron chi connectivity index (χ3n) is 5.25. The Morgan fingerprint density at radius 3 is 1.87 bits per heavy atom. The van der Waals surface area contributed by atoms with Crippen LogP contribution in [-0.4, -0.2) is 11.9 Å². The number of hydrogen-bond donors (Lipinski definition) is 3. The van der Waals surface area contributed by atoms with Gasteiger partial charge in [0.1, 0.15) is 23.9 Å². The molecule has 0 saturated heterocycles. The summed E-state index contributed by atoms with van der Waals surface area (Å²) in [5.41, 5.74) is 7.22. The SMILES string of the molecule is Cl.N=C(N)c1cccc(C(NC(=O)OCc2ccccc2)P(=O)(Oc2ccccc2)Oc2ccccc2)c1. The molecule has 0 aromatic heterocycles. The van der Waals surface area contributed by atoms with Crippen LogP contribution in [0.1, 0.15) is 22.5 Å². The largest absolute Gasteiger partial charge is 0.457 e. The van der Waals surface area contributed by atoms with Gasteiger partial charge in [0.2, 0.25) is 0 Å². The van der Waals surface area contributed by atoms with E-state index in [0.29, 0.717) is 11.1 Å². The Bertz CT molecular complexity index is 1350. The smallest absolute Gasteiger partial charge is 0.445 e. The van der Waals surface area contributed by atoms with E-state index < -0.39 is 19.5 Å². The molecule has 0 aliphatic carbocycles. The molecule has 0 aliphatic rings. The number of halogens is 1. The number of nitrogens with two attached hydrogens (primary N) is 1. The molecule has 1 atom stereocenters. The average molecular weight is 552 g/mol. The molecule has 196 valence electrons. The van der Waals surface area contributed by atoms with E-state index in [4.69, 9.17) is 24.9 Å². The van der Waals surface area contributed by atoms with Gasteiger partial charge in [0.15, 0.2) is 5.78 Å². The second-order valence-corrected chi connectivity index (χ2v) is 9.96. The third kappa shape index (κ3) is 7.62. The molecule has 10 heteroatoms. The lowest BCUT2D eigenvalue weighted by atomic mass is 10.1. The third-order valence-corrected chi connectivity index (χ3v) is 7.24. The summed E-state index contributed by atoms with van der Waals surface area (Å²) in [5.74, 6) is -0.909. The van der Waals surface area contributed by atoms with E-state index in [2.05, 4.69) is 5.32 Å². The Labute approximate surface area is 227 Å². The zero-order valence-corrected chi connectivity index (χ0v) is 21.9. The molecule has 38 heavy (non-hydrogen) atoms. The fraction of sp³-hybridized carbons (Fsp3) is 0.0714. The number of amidine groups is 1. The molecule has 1 amide bonds. The van der Waals surface area contributed by atoms with Crippen molar-refractivity contribution < 1.29 is 23.1 Å². The second-order valence-electron chi connectivity index (χ2n) is 8.00. The van der Waals surface area contributed by atoms with Gasteiger partial charge in [-0.1, -0.05) is 84.9 Å². The first kappa shape index (κ1) is 28.3. The van der Waals surface area contributed by atoms with Crippen LogP contribution < -0.4 is 20.1 Å². The Morgan fingerprint density at radius 1 is 0.816 bits per heavy atom. The molecule has 4 aromatic rings. The lowest BCUT2D eigenvalue weighted by Gasteiger charge is -2.28. The molecule has 0 heterocycles. The van der Waals surface area contributed by atoms with Crippen molar-refractivity contribution in [2.45, 2.75) is 12.4 Å². The number of alkyl carbamates (subject to hydrolysis) is 1. The number of amides is 1. The van der Waals surface area contributed by atoms with E-state index >= 15 is 0 Å². The molecule has 0 fully saturated rings. The Hall–Kier alpha value is -4.26. The van der Waals surface area contributed by atoms with Gasteiger partial charge in [-0.2, -0.15) is 0 Å². The number of nitrogens with one attached hydrogen (secondary N) is 2. The molecule has 0 saturated carbocycles. The fourth-order valence-corrected chi connectivity index (χ4v) is 5.35. The zero-order valence-electron chi connectivity index (χ0n) is 20.2. The van der Waals surface area contributed by atoms with Crippen LogP contribution in [-0.2, 0) is 15.9 Å². The molecular formula is C28H27ClN3O5P. The molecule has 4 rings (SSSR count). The van der Waals surface area contributed by atoms with Crippen LogP contribution in [0.2, 0.25) is 0 Å². The normalized spacial score (nSPS) is 11.4. The molecule has 4 aromatic carbocycles. The standard InChI is InChI=1S/C28H26N3O5P.ClH/c29-26(30)22-13-10-14-23(19-22)27(31-28(32)34-20-21-11-4-1-5-12-21)37(33,35-24-15-6-2-7-16-24)36-25-17-8-3-9-18-25;/h1-19,27H,20H2,(H3,29,30)(H,31,32);1H. The Balaban J connectivity index is 0.00000400. The highest BCUT2D eigenvalue weighted by Gasteiger charge is 2.42. The molecule has 1 unspecified atom stereocenters. The molecule has 0 radical (unpaired) electrons. The fourth-order valence-electron chi connectivity index (χ4n) is 3.48. The van der Waals surface area contributed by atoms with E-state index in [1.807, 2.05) is 30.3 Å². The van der Waals surface area contributed by atoms with Crippen LogP contribution in [0.15, 0.2) is 115 Å². The number of ether oxygens (including phenoxy) is 1. The van der Waals surface area contributed by atoms with Gasteiger partial charge in [-0.15, -0.1) is 12.4 Å². The van der Waals surface area contributed by atoms with Gasteiger partial charge in [-0.05, 0) is 41.5 Å². The van der Waals surface area contributed by atoms with Crippen molar-refractivity contribution >= 4 is 31.9 Å². The summed E-state index contributed by atoms with van der Waals surface area (Å²) >= 11 is 0. The van der Waals surface area contributed by atoms with Crippen molar-refractivity contribution in [3.63, 3.8) is 0 Å². The van der Waals surface area contributed by atoms with Crippen molar-refractivity contribution in [2.75, 3.05) is 0 Å². The zero-order chi connectivity index (χ0) is 26.1. The minimum atomic E-state index is -4.22. The quantitative estimate of drug-likeness (QED) is 0.115. The van der Waals surface area contributed by atoms with Gasteiger partial charge >= 0.3 is 13.7 Å². The summed E-state index contributed by atoms with van der Waals surface area (Å²) in [6, 6.07) is 32.7. The first-order valence-corrected chi connectivity index (χ1v) is 13.0. The predicted octanol–water partition coefficient (Wildman–Crippen LogP) is 6.67. The number of carbonyl (C=O) groups is 1. The van der Waals surface area contributed by atoms with Crippen LogP contribution in [0.4, 0.5) is 4.79 Å². The van der Waals surface area contributed by atoms with E-state index in [9.17, 15) is 9.36 Å². The summed E-state index contributed by atoms with van der Waals surface area (Å²) in [4.78, 5) is 12.9. The topological polar surface area (TPSA) is 124 Å². The molecule has 0 spiro atoms. The van der Waals surface area contributed by atoms with Crippen LogP contribution in [0.3, 0.4) is 0 Å². The molecular weight excluding hydrogens is 525 g/mol. The van der Waals surface area contributed by atoms with Gasteiger partial charge in [0.25, 0.3) is 0 Å². The first-order valence-electron chi connectivity index (χ1n) is 11.4. The van der Waals surface area contributed by atoms with Gasteiger partial charge < -0.3 is 24.8 Å². The summed E-state index contributed by atoms with van der Waals surface area (Å²) < 4.78 is 31.9. The monoisotopic (exact) mass is 551 g/mol. The van der Waals surface area contributed by atoms with Gasteiger partial charge in [-0.3, -0.25) is 5.41 Å². The van der Waals surface area contributed by atoms with E-state index in [1.54, 1.807) is 84.9 Å². The number of hydrogen-bond acceptors (Lipinski definition) is 6. The average Bonchev–Trinajstić information content (AvgIpc) is 2.92. The Morgan fingerprint density at radius 2 is 1.34 bits per heavy atom. The number of para-hydroxylation sites is 2. The van der Waals surface area contributed by atoms with Crippen LogP contribution >= 0.6 is 20.0 Å². The number of nitrogen functional groups attached to an aromatic ring is 1. The highest BCUT2D eigenvalue weighted by Crippen LogP contribution is 2.59. The van der Waals surface area contributed by atoms with E-state index in [0.717, 1.165) is 5.56 Å². The van der Waals surface area contributed by atoms with Crippen LogP contribution in [0.5, 0.6) is 11.5 Å². The number of carbonyl (C=O) groups excluding carboxylic acids is 1. The maximum atomic E-state index is 14.5. The van der Waals surface area contributed by atoms with Gasteiger partial charge in [0.05, 0.1) is 0 Å². The molecule has 0 aliphatic heterocycles. The first-order chi connectivity index (χ1) is 17.9. The van der Waals surface area contributed by atoms with Crippen molar-refractivity contribution in [1.29, 1.82) is 5.41 Å². The molecule has 0 bridgehead atoms. The van der Waals surface area contributed by atoms with Gasteiger partial charge in [-0.25, -0.2) is 9.36 Å². The molecule has 4 N–H and O–H groups in total. The summed E-state index contributed by atoms with van der Waals surface area (Å²) in [5, 5.41) is 10.5. The summed E-state index contributed by atoms with van der Waals surface area (Å²) in [6.07, 6.45) is -0.823. The summed E-state index contributed by atoms with van der Waals surface area (Å²) in [6.45, 7) is 0.0102. The minimum absolute atomic E-state index is 0. The van der Waals surface area contributed by atoms with E-state index in [1.165, 1.54) is 0 Å².